The summed E-state index contributed by atoms with van der Waals surface area (Å²) in [6.07, 6.45) is -12.4. The molecule has 2 N–H and O–H groups in total. The number of rotatable bonds is 7. The zero-order chi connectivity index (χ0) is 37.2. The fourth-order valence-corrected chi connectivity index (χ4v) is 11.1. The number of aliphatic hydroxyl groups excluding tert-OH is 2. The summed E-state index contributed by atoms with van der Waals surface area (Å²) in [4.78, 5) is 23.4. The Bertz CT molecular complexity index is 1380. The van der Waals surface area contributed by atoms with Crippen LogP contribution in [0.3, 0.4) is 0 Å². The van der Waals surface area contributed by atoms with Crippen LogP contribution in [0.2, 0.25) is 0 Å². The number of unbranched alkanes of at least 4 members (excludes halogenated alkanes) is 1. The largest absolute Gasteiger partial charge is 0.456 e. The van der Waals surface area contributed by atoms with Crippen LogP contribution in [0.15, 0.2) is 22.7 Å². The van der Waals surface area contributed by atoms with Crippen molar-refractivity contribution in [3.05, 3.63) is 22.7 Å². The van der Waals surface area contributed by atoms with E-state index in [1.165, 1.54) is 0 Å². The van der Waals surface area contributed by atoms with Gasteiger partial charge < -0.3 is 29.2 Å². The first kappa shape index (κ1) is 37.3. The number of hydrogen-bond acceptors (Lipinski definition) is 10. The Morgan fingerprint density at radius 2 is 1.00 bits per heavy atom. The molecule has 6 saturated heterocycles. The van der Waals surface area contributed by atoms with E-state index >= 15 is 0 Å². The van der Waals surface area contributed by atoms with Gasteiger partial charge >= 0.3 is 12.4 Å². The normalized spacial score (nSPS) is 46.8. The van der Waals surface area contributed by atoms with E-state index in [4.69, 9.17) is 38.5 Å². The summed E-state index contributed by atoms with van der Waals surface area (Å²) >= 11 is 0. The third kappa shape index (κ3) is 5.58. The van der Waals surface area contributed by atoms with Gasteiger partial charge in [-0.05, 0) is 77.0 Å². The lowest BCUT2D eigenvalue weighted by atomic mass is 9.58. The van der Waals surface area contributed by atoms with E-state index < -0.39 is 83.3 Å². The molecule has 0 amide bonds. The fraction of sp³-hybridized carbons (Fsp3) is 0.889. The summed E-state index contributed by atoms with van der Waals surface area (Å²) in [5.74, 6) is -7.39. The summed E-state index contributed by atoms with van der Waals surface area (Å²) in [5.41, 5.74) is -3.45. The zero-order valence-corrected chi connectivity index (χ0v) is 29.7. The molecule has 52 heavy (non-hydrogen) atoms. The summed E-state index contributed by atoms with van der Waals surface area (Å²) in [7, 11) is 0. The maximum absolute atomic E-state index is 14.6. The Hall–Kier alpha value is -1.66. The number of halogens is 6. The Morgan fingerprint density at radius 1 is 0.615 bits per heavy atom. The van der Waals surface area contributed by atoms with E-state index in [1.54, 1.807) is 13.8 Å². The van der Waals surface area contributed by atoms with Crippen LogP contribution in [-0.4, -0.2) is 70.1 Å². The van der Waals surface area contributed by atoms with E-state index in [1.807, 2.05) is 13.8 Å². The van der Waals surface area contributed by atoms with Crippen molar-refractivity contribution < 1.29 is 75.1 Å². The van der Waals surface area contributed by atoms with Crippen molar-refractivity contribution in [3.63, 3.8) is 0 Å². The van der Waals surface area contributed by atoms with Crippen molar-refractivity contribution in [2.24, 2.45) is 35.5 Å². The van der Waals surface area contributed by atoms with Crippen LogP contribution in [0.1, 0.15) is 105 Å². The number of aliphatic hydroxyl groups is 2. The van der Waals surface area contributed by atoms with Gasteiger partial charge in [0.05, 0.1) is 12.2 Å². The lowest BCUT2D eigenvalue weighted by molar-refractivity contribution is -0.558. The highest BCUT2D eigenvalue weighted by atomic mass is 19.4. The second-order valence-electron chi connectivity index (χ2n) is 16.8. The van der Waals surface area contributed by atoms with Gasteiger partial charge in [-0.15, -0.1) is 0 Å². The van der Waals surface area contributed by atoms with Crippen molar-refractivity contribution in [2.45, 2.75) is 165 Å². The Kier molecular flexibility index (Phi) is 8.90. The minimum absolute atomic E-state index is 0.0686. The average Bonchev–Trinajstić information content (AvgIpc) is 3.44. The molecule has 2 unspecified atom stereocenters. The lowest BCUT2D eigenvalue weighted by Gasteiger charge is -2.58. The molecule has 14 atom stereocenters. The highest BCUT2D eigenvalue weighted by Gasteiger charge is 2.72. The van der Waals surface area contributed by atoms with Crippen LogP contribution in [-0.2, 0) is 38.5 Å². The van der Waals surface area contributed by atoms with E-state index in [9.17, 15) is 36.6 Å². The molecule has 10 nitrogen and oxygen atoms in total. The van der Waals surface area contributed by atoms with Gasteiger partial charge in [-0.1, -0.05) is 26.7 Å². The van der Waals surface area contributed by atoms with Gasteiger partial charge in [0, 0.05) is 47.7 Å². The minimum Gasteiger partial charge on any atom is -0.456 e. The first-order valence-electron chi connectivity index (χ1n) is 18.7. The third-order valence-electron chi connectivity index (χ3n) is 13.6. The molecule has 8 heterocycles. The molecule has 10 aliphatic rings. The van der Waals surface area contributed by atoms with Crippen LogP contribution >= 0.6 is 0 Å². The van der Waals surface area contributed by atoms with Crippen LogP contribution in [0.5, 0.6) is 0 Å². The van der Waals surface area contributed by atoms with Crippen molar-refractivity contribution in [2.75, 3.05) is 0 Å². The predicted molar refractivity (Wildman–Crippen MR) is 164 cm³/mol. The van der Waals surface area contributed by atoms with Crippen LogP contribution in [0, 0.1) is 35.5 Å². The third-order valence-corrected chi connectivity index (χ3v) is 13.6. The standard InChI is InChI=1S/C36H48F6O10/c1-17-9-11-21-25(27(35(37,38)39)45-29-33(21)19(17)13-15-31(3,47-29)49-51-33)23(43)7-5-6-8-24(44)26-22-12-10-18(2)20-14-16-32(4)48-30(34(20,22)52-50-32)46-28(26)36(40,41)42/h17-24,29-30,43-44H,5-16H2,1-4H3/t17-,18-,19+,20+,21+,22+,23?,24?,29-,30-,31-,32-,33-,34-/m1/s1. The van der Waals surface area contributed by atoms with Crippen molar-refractivity contribution in [1.29, 1.82) is 0 Å². The predicted octanol–water partition coefficient (Wildman–Crippen LogP) is 7.39. The van der Waals surface area contributed by atoms with Gasteiger partial charge in [0.1, 0.15) is 0 Å². The van der Waals surface area contributed by atoms with E-state index in [0.717, 1.165) is 0 Å². The highest BCUT2D eigenvalue weighted by molar-refractivity contribution is 5.32. The van der Waals surface area contributed by atoms with Gasteiger partial charge in [-0.3, -0.25) is 0 Å². The highest BCUT2D eigenvalue weighted by Crippen LogP contribution is 2.64. The first-order chi connectivity index (χ1) is 24.3. The maximum Gasteiger partial charge on any atom is 0.449 e. The molecule has 2 saturated carbocycles. The lowest BCUT2D eigenvalue weighted by Crippen LogP contribution is -2.68. The molecule has 2 aliphatic carbocycles. The topological polar surface area (TPSA) is 114 Å². The second kappa shape index (κ2) is 12.4. The molecule has 0 radical (unpaired) electrons. The number of hydrogen-bond donors (Lipinski definition) is 2. The van der Waals surface area contributed by atoms with Gasteiger partial charge in [0.15, 0.2) is 11.2 Å². The molecule has 294 valence electrons. The van der Waals surface area contributed by atoms with Crippen molar-refractivity contribution >= 4 is 0 Å². The number of alkyl halides is 6. The first-order valence-corrected chi connectivity index (χ1v) is 18.7. The maximum atomic E-state index is 14.6. The second-order valence-corrected chi connectivity index (χ2v) is 16.8. The van der Waals surface area contributed by atoms with Crippen LogP contribution in [0.25, 0.3) is 0 Å². The van der Waals surface area contributed by atoms with Gasteiger partial charge in [0.25, 0.3) is 0 Å². The summed E-state index contributed by atoms with van der Waals surface area (Å²) in [6.45, 7) is 7.23. The van der Waals surface area contributed by atoms with Gasteiger partial charge in [-0.2, -0.15) is 26.3 Å². The van der Waals surface area contributed by atoms with Crippen LogP contribution in [0.4, 0.5) is 26.3 Å². The number of fused-ring (bicyclic) bond motifs is 4. The quantitative estimate of drug-likeness (QED) is 0.155. The molecular weight excluding hydrogens is 706 g/mol. The fourth-order valence-electron chi connectivity index (χ4n) is 11.1. The SMILES string of the molecule is C[C@@H]1CC[C@H]2C(C(O)CCCCC(O)C3=C(C(F)(F)F)O[C@@H]4O[C@@]5(C)CC[C@H]6[C@H](C)CC[C@@H]3[C@@]46OO5)=C(C(F)(F)F)O[C@@H]3O[C@@]4(C)CC[C@@H]1[C@]32OO4. The molecule has 10 rings (SSSR count). The summed E-state index contributed by atoms with van der Waals surface area (Å²) < 4.78 is 111. The Balaban J connectivity index is 1.03. The molecule has 0 aromatic heterocycles. The molecule has 0 aromatic rings. The Labute approximate surface area is 297 Å². The van der Waals surface area contributed by atoms with Crippen LogP contribution < -0.4 is 0 Å². The van der Waals surface area contributed by atoms with E-state index in [-0.39, 0.29) is 73.3 Å². The molecule has 2 spiro atoms. The summed E-state index contributed by atoms with van der Waals surface area (Å²) in [6, 6.07) is 0. The molecule has 4 bridgehead atoms. The zero-order valence-electron chi connectivity index (χ0n) is 29.7. The molecule has 8 fully saturated rings. The molecule has 16 heteroatoms. The van der Waals surface area contributed by atoms with Gasteiger partial charge in [0.2, 0.25) is 35.7 Å². The monoisotopic (exact) mass is 754 g/mol. The average molecular weight is 755 g/mol. The van der Waals surface area contributed by atoms with E-state index in [0.29, 0.717) is 38.5 Å². The molecular formula is C36H48F6O10. The minimum atomic E-state index is -4.94. The van der Waals surface area contributed by atoms with E-state index in [2.05, 4.69) is 0 Å². The molecule has 8 aliphatic heterocycles. The smallest absolute Gasteiger partial charge is 0.449 e. The molecule has 0 aromatic carbocycles. The van der Waals surface area contributed by atoms with Crippen molar-refractivity contribution in [1.82, 2.24) is 0 Å². The number of ether oxygens (including phenoxy) is 4. The van der Waals surface area contributed by atoms with Crippen molar-refractivity contribution in [3.8, 4) is 0 Å². The van der Waals surface area contributed by atoms with Gasteiger partial charge in [-0.25, -0.2) is 19.6 Å². The number of allylic oxidation sites excluding steroid dienone is 2. The Morgan fingerprint density at radius 3 is 1.37 bits per heavy atom. The summed E-state index contributed by atoms with van der Waals surface area (Å²) in [5, 5.41) is 23.0.